The quantitative estimate of drug-likeness (QED) is 0.819. The lowest BCUT2D eigenvalue weighted by molar-refractivity contribution is -0.144. The average molecular weight is 391 g/mol. The van der Waals surface area contributed by atoms with Crippen LogP contribution in [0.15, 0.2) is 28.9 Å². The number of H-pyrrole nitrogens is 1. The Morgan fingerprint density at radius 1 is 1.38 bits per heavy atom. The Morgan fingerprint density at radius 2 is 2.12 bits per heavy atom. The van der Waals surface area contributed by atoms with E-state index in [0.29, 0.717) is 19.5 Å². The van der Waals surface area contributed by atoms with Gasteiger partial charge in [-0.3, -0.25) is 14.6 Å². The van der Waals surface area contributed by atoms with E-state index in [-0.39, 0.29) is 0 Å². The molecule has 0 bridgehead atoms. The lowest BCUT2D eigenvalue weighted by Gasteiger charge is -2.37. The smallest absolute Gasteiger partial charge is 0.325 e. The van der Waals surface area contributed by atoms with Crippen LogP contribution in [0.1, 0.15) is 18.0 Å². The lowest BCUT2D eigenvalue weighted by atomic mass is 10.0. The number of nitrogens with one attached hydrogen (secondary N) is 1. The zero-order valence-corrected chi connectivity index (χ0v) is 14.8. The number of carboxylic acids is 1. The van der Waals surface area contributed by atoms with E-state index in [1.165, 1.54) is 0 Å². The second-order valence-electron chi connectivity index (χ2n) is 5.96. The molecular formula is C17H19BrN4O2. The molecule has 7 heteroatoms. The minimum Gasteiger partial charge on any atom is -0.480 e. The Balaban J connectivity index is 1.81. The Bertz CT molecular complexity index is 774. The number of benzene rings is 1. The van der Waals surface area contributed by atoms with E-state index in [2.05, 4.69) is 31.9 Å². The molecule has 1 aliphatic heterocycles. The molecule has 0 unspecified atom stereocenters. The molecule has 1 atom stereocenters. The van der Waals surface area contributed by atoms with E-state index in [4.69, 9.17) is 5.26 Å². The first-order valence-corrected chi connectivity index (χ1v) is 8.72. The summed E-state index contributed by atoms with van der Waals surface area (Å²) in [5, 5.41) is 19.4. The predicted molar refractivity (Wildman–Crippen MR) is 94.6 cm³/mol. The van der Waals surface area contributed by atoms with Gasteiger partial charge in [0.1, 0.15) is 6.04 Å². The Hall–Kier alpha value is -1.88. The fourth-order valence-electron chi connectivity index (χ4n) is 3.29. The molecule has 1 aromatic heterocycles. The van der Waals surface area contributed by atoms with Gasteiger partial charge < -0.3 is 10.1 Å². The number of nitrogens with zero attached hydrogens (tertiary/aromatic N) is 3. The minimum atomic E-state index is -0.829. The largest absolute Gasteiger partial charge is 0.480 e. The fraction of sp³-hybridized carbons (Fsp3) is 0.412. The number of carbonyl (C=O) groups is 1. The van der Waals surface area contributed by atoms with Gasteiger partial charge in [-0.2, -0.15) is 5.26 Å². The van der Waals surface area contributed by atoms with E-state index in [9.17, 15) is 9.90 Å². The number of halogens is 1. The van der Waals surface area contributed by atoms with Crippen molar-refractivity contribution in [2.24, 2.45) is 0 Å². The molecule has 0 spiro atoms. The highest BCUT2D eigenvalue weighted by Gasteiger charge is 2.31. The van der Waals surface area contributed by atoms with E-state index in [1.807, 2.05) is 23.1 Å². The first-order valence-electron chi connectivity index (χ1n) is 7.93. The Kier molecular flexibility index (Phi) is 5.19. The first-order chi connectivity index (χ1) is 11.6. The molecular weight excluding hydrogens is 372 g/mol. The predicted octanol–water partition coefficient (Wildman–Crippen LogP) is 2.59. The molecule has 2 N–H and O–H groups in total. The summed E-state index contributed by atoms with van der Waals surface area (Å²) in [7, 11) is 0. The number of hydrogen-bond donors (Lipinski definition) is 2. The van der Waals surface area contributed by atoms with Gasteiger partial charge in [-0.15, -0.1) is 0 Å². The highest BCUT2D eigenvalue weighted by Crippen LogP contribution is 2.31. The van der Waals surface area contributed by atoms with Crippen molar-refractivity contribution < 1.29 is 9.90 Å². The maximum atomic E-state index is 11.9. The van der Waals surface area contributed by atoms with Crippen molar-refractivity contribution in [3.63, 3.8) is 0 Å². The normalized spacial score (nSPS) is 17.7. The number of piperazine rings is 1. The molecule has 1 fully saturated rings. The monoisotopic (exact) mass is 390 g/mol. The van der Waals surface area contributed by atoms with Gasteiger partial charge in [-0.05, 0) is 12.1 Å². The summed E-state index contributed by atoms with van der Waals surface area (Å²) in [4.78, 5) is 19.3. The van der Waals surface area contributed by atoms with Gasteiger partial charge in [0.15, 0.2) is 0 Å². The Morgan fingerprint density at radius 3 is 2.79 bits per heavy atom. The summed E-state index contributed by atoms with van der Waals surface area (Å²) in [6.45, 7) is 3.71. The van der Waals surface area contributed by atoms with Gasteiger partial charge in [-0.25, -0.2) is 0 Å². The van der Waals surface area contributed by atoms with Crippen LogP contribution in [0.2, 0.25) is 0 Å². The van der Waals surface area contributed by atoms with Gasteiger partial charge in [-0.1, -0.05) is 22.0 Å². The molecule has 2 heterocycles. The molecule has 3 rings (SSSR count). The van der Waals surface area contributed by atoms with Crippen LogP contribution in [0.5, 0.6) is 0 Å². The number of aromatic nitrogens is 1. The van der Waals surface area contributed by atoms with Gasteiger partial charge in [0.05, 0.1) is 6.07 Å². The van der Waals surface area contributed by atoms with E-state index < -0.39 is 12.0 Å². The van der Waals surface area contributed by atoms with Crippen LogP contribution >= 0.6 is 15.9 Å². The summed E-state index contributed by atoms with van der Waals surface area (Å²) >= 11 is 3.44. The van der Waals surface area contributed by atoms with Gasteiger partial charge in [0, 0.05) is 66.3 Å². The Labute approximate surface area is 148 Å². The molecule has 1 saturated heterocycles. The highest BCUT2D eigenvalue weighted by molar-refractivity contribution is 9.10. The van der Waals surface area contributed by atoms with Crippen molar-refractivity contribution in [2.45, 2.75) is 12.5 Å². The number of fused-ring (bicyclic) bond motifs is 1. The maximum absolute atomic E-state index is 11.9. The summed E-state index contributed by atoms with van der Waals surface area (Å²) in [5.41, 5.74) is 1.73. The van der Waals surface area contributed by atoms with Crippen molar-refractivity contribution in [1.29, 1.82) is 5.26 Å². The molecule has 1 aliphatic rings. The summed E-state index contributed by atoms with van der Waals surface area (Å²) in [5.74, 6) is -0.829. The van der Waals surface area contributed by atoms with E-state index in [0.717, 1.165) is 40.6 Å². The van der Waals surface area contributed by atoms with Crippen molar-refractivity contribution in [1.82, 2.24) is 14.8 Å². The van der Waals surface area contributed by atoms with Crippen LogP contribution in [0, 0.1) is 11.3 Å². The standard InChI is InChI=1S/C17H19BrN4O2/c18-12-2-3-13-14(11-20-15(13)10-12)16(17(23)24)22-8-6-21(7-9-22)5-1-4-19/h2-3,10-11,16,20H,1,5-9H2,(H,23,24)/t16-/m0/s1. The molecule has 1 aromatic carbocycles. The molecule has 0 aliphatic carbocycles. The zero-order valence-electron chi connectivity index (χ0n) is 13.2. The van der Waals surface area contributed by atoms with Crippen molar-refractivity contribution in [3.8, 4) is 6.07 Å². The number of hydrogen-bond acceptors (Lipinski definition) is 4. The van der Waals surface area contributed by atoms with E-state index >= 15 is 0 Å². The molecule has 126 valence electrons. The summed E-state index contributed by atoms with van der Waals surface area (Å²) < 4.78 is 0.960. The molecule has 0 amide bonds. The number of nitriles is 1. The van der Waals surface area contributed by atoms with Crippen molar-refractivity contribution >= 4 is 32.8 Å². The van der Waals surface area contributed by atoms with Crippen LogP contribution in [-0.2, 0) is 4.79 Å². The fourth-order valence-corrected chi connectivity index (χ4v) is 3.65. The number of aromatic amines is 1. The van der Waals surface area contributed by atoms with Crippen LogP contribution in [0.3, 0.4) is 0 Å². The maximum Gasteiger partial charge on any atom is 0.325 e. The third kappa shape index (κ3) is 3.46. The summed E-state index contributed by atoms with van der Waals surface area (Å²) in [6.07, 6.45) is 2.32. The average Bonchev–Trinajstić information content (AvgIpc) is 2.97. The third-order valence-corrected chi connectivity index (χ3v) is 5.01. The van der Waals surface area contributed by atoms with Crippen molar-refractivity contribution in [2.75, 3.05) is 32.7 Å². The van der Waals surface area contributed by atoms with Crippen LogP contribution < -0.4 is 0 Å². The van der Waals surface area contributed by atoms with Crippen LogP contribution in [-0.4, -0.2) is 58.6 Å². The molecule has 0 saturated carbocycles. The van der Waals surface area contributed by atoms with Crippen molar-refractivity contribution in [3.05, 3.63) is 34.4 Å². The number of carboxylic acid groups (broad SMARTS) is 1. The highest BCUT2D eigenvalue weighted by atomic mass is 79.9. The SMILES string of the molecule is N#CCCN1CCN([C@H](C(=O)O)c2c[nH]c3cc(Br)ccc23)CC1. The van der Waals surface area contributed by atoms with Crippen LogP contribution in [0.4, 0.5) is 0 Å². The molecule has 24 heavy (non-hydrogen) atoms. The third-order valence-electron chi connectivity index (χ3n) is 4.52. The summed E-state index contributed by atoms with van der Waals surface area (Å²) in [6, 6.07) is 7.34. The topological polar surface area (TPSA) is 83.4 Å². The van der Waals surface area contributed by atoms with E-state index in [1.54, 1.807) is 6.20 Å². The minimum absolute atomic E-state index is 0.514. The first kappa shape index (κ1) is 17.0. The molecule has 6 nitrogen and oxygen atoms in total. The van der Waals surface area contributed by atoms with Gasteiger partial charge >= 0.3 is 5.97 Å². The second kappa shape index (κ2) is 7.34. The molecule has 0 radical (unpaired) electrons. The second-order valence-corrected chi connectivity index (χ2v) is 6.88. The number of rotatable bonds is 5. The number of aliphatic carboxylic acids is 1. The van der Waals surface area contributed by atoms with Gasteiger partial charge in [0.25, 0.3) is 0 Å². The zero-order chi connectivity index (χ0) is 17.1. The van der Waals surface area contributed by atoms with Gasteiger partial charge in [0.2, 0.25) is 0 Å². The lowest BCUT2D eigenvalue weighted by Crippen LogP contribution is -2.49. The molecule has 2 aromatic rings. The van der Waals surface area contributed by atoms with Crippen LogP contribution in [0.25, 0.3) is 10.9 Å².